The molecule has 2 aromatic rings. The smallest absolute Gasteiger partial charge is 0.173 e. The second-order valence-corrected chi connectivity index (χ2v) is 4.94. The normalized spacial score (nSPS) is 12.7. The number of rotatable bonds is 4. The molecule has 1 atom stereocenters. The summed E-state index contributed by atoms with van der Waals surface area (Å²) >= 11 is 3.12. The average molecular weight is 330 g/mol. The highest BCUT2D eigenvalue weighted by Crippen LogP contribution is 2.30. The molecule has 2 rings (SSSR count). The maximum atomic E-state index is 13.7. The maximum Gasteiger partial charge on any atom is 0.173 e. The van der Waals surface area contributed by atoms with E-state index in [1.54, 1.807) is 12.3 Å². The first-order valence-corrected chi connectivity index (χ1v) is 6.69. The highest BCUT2D eigenvalue weighted by Gasteiger charge is 2.22. The number of hydrogen-bond donors (Lipinski definition) is 1. The van der Waals surface area contributed by atoms with Crippen LogP contribution in [0.5, 0.6) is 0 Å². The minimum Gasteiger partial charge on any atom is -0.336 e. The van der Waals surface area contributed by atoms with E-state index in [0.717, 1.165) is 11.9 Å². The molecule has 1 aromatic heterocycles. The Balaban J connectivity index is 2.52. The van der Waals surface area contributed by atoms with Crippen molar-refractivity contribution in [3.63, 3.8) is 0 Å². The Morgan fingerprint density at radius 3 is 2.74 bits per heavy atom. The Morgan fingerprint density at radius 2 is 2.16 bits per heavy atom. The second kappa shape index (κ2) is 5.79. The Hall–Kier alpha value is -1.27. The Labute approximate surface area is 118 Å². The minimum absolute atomic E-state index is 0.126. The van der Waals surface area contributed by atoms with Crippen LogP contribution in [-0.2, 0) is 7.05 Å². The van der Waals surface area contributed by atoms with Crippen molar-refractivity contribution < 1.29 is 8.78 Å². The third-order valence-electron chi connectivity index (χ3n) is 2.90. The molecule has 1 unspecified atom stereocenters. The van der Waals surface area contributed by atoms with Gasteiger partial charge in [0.2, 0.25) is 0 Å². The molecule has 0 spiro atoms. The predicted octanol–water partition coefficient (Wildman–Crippen LogP) is 3.16. The molecule has 0 bridgehead atoms. The van der Waals surface area contributed by atoms with Crippen LogP contribution in [0.4, 0.5) is 8.78 Å². The van der Waals surface area contributed by atoms with Gasteiger partial charge in [0.1, 0.15) is 5.82 Å². The summed E-state index contributed by atoms with van der Waals surface area (Å²) in [4.78, 5) is 4.27. The molecule has 3 nitrogen and oxygen atoms in total. The molecule has 0 fully saturated rings. The van der Waals surface area contributed by atoms with Crippen LogP contribution in [0.15, 0.2) is 29.0 Å². The summed E-state index contributed by atoms with van der Waals surface area (Å²) < 4.78 is 28.8. The summed E-state index contributed by atoms with van der Waals surface area (Å²) in [6.45, 7) is 2.63. The number of nitrogens with one attached hydrogen (secondary N) is 1. The summed E-state index contributed by atoms with van der Waals surface area (Å²) in [7, 11) is 1.86. The van der Waals surface area contributed by atoms with E-state index in [9.17, 15) is 8.78 Å². The van der Waals surface area contributed by atoms with Crippen LogP contribution in [0.3, 0.4) is 0 Å². The van der Waals surface area contributed by atoms with Crippen molar-refractivity contribution in [2.24, 2.45) is 7.05 Å². The van der Waals surface area contributed by atoms with E-state index >= 15 is 0 Å². The van der Waals surface area contributed by atoms with Gasteiger partial charge in [0.25, 0.3) is 0 Å². The summed E-state index contributed by atoms with van der Waals surface area (Å²) in [6, 6.07) is 2.39. The van der Waals surface area contributed by atoms with E-state index in [1.165, 1.54) is 0 Å². The third kappa shape index (κ3) is 2.69. The highest BCUT2D eigenvalue weighted by atomic mass is 79.9. The molecule has 1 heterocycles. The van der Waals surface area contributed by atoms with Crippen LogP contribution in [0.2, 0.25) is 0 Å². The molecule has 0 aliphatic rings. The van der Waals surface area contributed by atoms with E-state index in [1.807, 2.05) is 24.7 Å². The van der Waals surface area contributed by atoms with Gasteiger partial charge < -0.3 is 9.88 Å². The van der Waals surface area contributed by atoms with Gasteiger partial charge in [-0.15, -0.1) is 0 Å². The van der Waals surface area contributed by atoms with Crippen molar-refractivity contribution in [1.29, 1.82) is 0 Å². The van der Waals surface area contributed by atoms with Gasteiger partial charge in [0.05, 0.1) is 10.5 Å². The molecular formula is C13H14BrF2N3. The van der Waals surface area contributed by atoms with Crippen molar-refractivity contribution in [2.75, 3.05) is 6.54 Å². The van der Waals surface area contributed by atoms with Crippen LogP contribution >= 0.6 is 15.9 Å². The molecule has 102 valence electrons. The fraction of sp³-hybridized carbons (Fsp3) is 0.308. The van der Waals surface area contributed by atoms with Crippen molar-refractivity contribution in [1.82, 2.24) is 14.9 Å². The van der Waals surface area contributed by atoms with E-state index < -0.39 is 11.6 Å². The van der Waals surface area contributed by atoms with Crippen LogP contribution < -0.4 is 5.32 Å². The number of aromatic nitrogens is 2. The van der Waals surface area contributed by atoms with Crippen molar-refractivity contribution >= 4 is 15.9 Å². The first-order chi connectivity index (χ1) is 9.06. The second-order valence-electron chi connectivity index (χ2n) is 4.15. The standard InChI is InChI=1S/C13H14BrF2N3/c1-3-17-12(13-18-6-7-19(13)2)8-4-5-9(15)11(16)10(8)14/h4-7,12,17H,3H2,1-2H3. The van der Waals surface area contributed by atoms with Gasteiger partial charge in [-0.1, -0.05) is 13.0 Å². The molecule has 0 amide bonds. The minimum atomic E-state index is -0.880. The molecule has 0 aliphatic heterocycles. The van der Waals surface area contributed by atoms with Crippen LogP contribution in [-0.4, -0.2) is 16.1 Å². The Bertz CT molecular complexity index is 583. The summed E-state index contributed by atoms with van der Waals surface area (Å²) in [6.07, 6.45) is 3.49. The fourth-order valence-electron chi connectivity index (χ4n) is 1.96. The summed E-state index contributed by atoms with van der Waals surface area (Å²) in [5, 5.41) is 3.23. The lowest BCUT2D eigenvalue weighted by molar-refractivity contribution is 0.496. The Kier molecular flexibility index (Phi) is 4.31. The maximum absolute atomic E-state index is 13.7. The lowest BCUT2D eigenvalue weighted by atomic mass is 10.1. The highest BCUT2D eigenvalue weighted by molar-refractivity contribution is 9.10. The summed E-state index contributed by atoms with van der Waals surface area (Å²) in [5.41, 5.74) is 0.620. The number of aryl methyl sites for hydroxylation is 1. The average Bonchev–Trinajstić information content (AvgIpc) is 2.80. The zero-order valence-corrected chi connectivity index (χ0v) is 12.2. The molecule has 0 saturated carbocycles. The molecule has 6 heteroatoms. The van der Waals surface area contributed by atoms with E-state index in [2.05, 4.69) is 26.2 Å². The van der Waals surface area contributed by atoms with Crippen LogP contribution in [0.25, 0.3) is 0 Å². The fourth-order valence-corrected chi connectivity index (χ4v) is 2.51. The van der Waals surface area contributed by atoms with Crippen LogP contribution in [0, 0.1) is 11.6 Å². The lowest BCUT2D eigenvalue weighted by Gasteiger charge is -2.19. The Morgan fingerprint density at radius 1 is 1.42 bits per heavy atom. The van der Waals surface area contributed by atoms with Gasteiger partial charge in [0, 0.05) is 19.4 Å². The zero-order chi connectivity index (χ0) is 14.0. The molecule has 0 saturated heterocycles. The molecule has 0 aliphatic carbocycles. The molecular weight excluding hydrogens is 316 g/mol. The van der Waals surface area contributed by atoms with Gasteiger partial charge >= 0.3 is 0 Å². The molecule has 1 N–H and O–H groups in total. The van der Waals surface area contributed by atoms with Gasteiger partial charge in [-0.05, 0) is 34.1 Å². The van der Waals surface area contributed by atoms with Gasteiger partial charge in [0.15, 0.2) is 11.6 Å². The van der Waals surface area contributed by atoms with E-state index in [4.69, 9.17) is 0 Å². The SMILES string of the molecule is CCNC(c1ccc(F)c(F)c1Br)c1nccn1C. The van der Waals surface area contributed by atoms with Crippen molar-refractivity contribution in [3.8, 4) is 0 Å². The topological polar surface area (TPSA) is 29.9 Å². The van der Waals surface area contributed by atoms with E-state index in [0.29, 0.717) is 12.1 Å². The van der Waals surface area contributed by atoms with Gasteiger partial charge in [-0.2, -0.15) is 0 Å². The number of nitrogens with zero attached hydrogens (tertiary/aromatic N) is 2. The number of halogens is 3. The molecule has 0 radical (unpaired) electrons. The largest absolute Gasteiger partial charge is 0.336 e. The monoisotopic (exact) mass is 329 g/mol. The zero-order valence-electron chi connectivity index (χ0n) is 10.6. The first-order valence-electron chi connectivity index (χ1n) is 5.90. The van der Waals surface area contributed by atoms with Crippen molar-refractivity contribution in [3.05, 3.63) is 52.0 Å². The van der Waals surface area contributed by atoms with Gasteiger partial charge in [-0.3, -0.25) is 0 Å². The lowest BCUT2D eigenvalue weighted by Crippen LogP contribution is -2.25. The predicted molar refractivity (Wildman–Crippen MR) is 72.8 cm³/mol. The van der Waals surface area contributed by atoms with Gasteiger partial charge in [-0.25, -0.2) is 13.8 Å². The van der Waals surface area contributed by atoms with E-state index in [-0.39, 0.29) is 10.5 Å². The van der Waals surface area contributed by atoms with Crippen LogP contribution in [0.1, 0.15) is 24.4 Å². The van der Waals surface area contributed by atoms with Crippen molar-refractivity contribution in [2.45, 2.75) is 13.0 Å². The quantitative estimate of drug-likeness (QED) is 0.873. The molecule has 19 heavy (non-hydrogen) atoms. The number of hydrogen-bond acceptors (Lipinski definition) is 2. The number of benzene rings is 1. The first kappa shape index (κ1) is 14.1. The number of imidazole rings is 1. The summed E-state index contributed by atoms with van der Waals surface area (Å²) in [5.74, 6) is -1.01. The molecule has 1 aromatic carbocycles. The third-order valence-corrected chi connectivity index (χ3v) is 3.71.